The van der Waals surface area contributed by atoms with Gasteiger partial charge < -0.3 is 15.2 Å². The Morgan fingerprint density at radius 2 is 2.14 bits per heavy atom. The molecule has 1 aromatic carbocycles. The van der Waals surface area contributed by atoms with Crippen molar-refractivity contribution < 1.29 is 9.47 Å². The number of rotatable bonds is 4. The van der Waals surface area contributed by atoms with E-state index < -0.39 is 0 Å². The normalized spacial score (nSPS) is 25.4. The molecule has 2 atom stereocenters. The summed E-state index contributed by atoms with van der Waals surface area (Å²) in [7, 11) is 0. The molecule has 1 saturated carbocycles. The highest BCUT2D eigenvalue weighted by Gasteiger charge is 2.42. The predicted molar refractivity (Wildman–Crippen MR) is 87.5 cm³/mol. The van der Waals surface area contributed by atoms with Gasteiger partial charge >= 0.3 is 0 Å². The monoisotopic (exact) mass is 353 g/mol. The van der Waals surface area contributed by atoms with Crippen LogP contribution in [0.4, 0.5) is 0 Å². The Balaban J connectivity index is 1.61. The second-order valence-corrected chi connectivity index (χ2v) is 7.37. The number of nitrogens with two attached hydrogens (primary N) is 1. The summed E-state index contributed by atoms with van der Waals surface area (Å²) in [4.78, 5) is 0. The van der Waals surface area contributed by atoms with E-state index in [0.717, 1.165) is 22.2 Å². The van der Waals surface area contributed by atoms with Crippen LogP contribution in [0.5, 0.6) is 5.75 Å². The van der Waals surface area contributed by atoms with Crippen molar-refractivity contribution in [1.29, 1.82) is 0 Å². The minimum absolute atomic E-state index is 0.0387. The summed E-state index contributed by atoms with van der Waals surface area (Å²) in [6.45, 7) is 2.61. The maximum absolute atomic E-state index is 6.29. The lowest BCUT2D eigenvalue weighted by Gasteiger charge is -2.24. The largest absolute Gasteiger partial charge is 0.491 e. The van der Waals surface area contributed by atoms with Crippen LogP contribution in [0.3, 0.4) is 0 Å². The third-order valence-corrected chi connectivity index (χ3v) is 5.23. The van der Waals surface area contributed by atoms with E-state index in [4.69, 9.17) is 15.2 Å². The number of ether oxygens (including phenoxy) is 2. The van der Waals surface area contributed by atoms with Gasteiger partial charge in [-0.1, -0.05) is 28.8 Å². The minimum atomic E-state index is -0.0387. The Labute approximate surface area is 135 Å². The van der Waals surface area contributed by atoms with Crippen molar-refractivity contribution in [2.45, 2.75) is 63.2 Å². The van der Waals surface area contributed by atoms with Gasteiger partial charge in [0.2, 0.25) is 0 Å². The molecule has 1 heterocycles. The zero-order chi connectivity index (χ0) is 14.9. The molecule has 1 aromatic rings. The summed E-state index contributed by atoms with van der Waals surface area (Å²) in [5.74, 6) is 0.879. The van der Waals surface area contributed by atoms with Gasteiger partial charge in [0.15, 0.2) is 0 Å². The molecule has 2 aliphatic rings. The second-order valence-electron chi connectivity index (χ2n) is 6.45. The molecule has 2 N–H and O–H groups in total. The van der Waals surface area contributed by atoms with Gasteiger partial charge in [-0.3, -0.25) is 0 Å². The zero-order valence-electron chi connectivity index (χ0n) is 12.6. The van der Waals surface area contributed by atoms with Gasteiger partial charge in [-0.15, -0.1) is 0 Å². The molecule has 3 rings (SSSR count). The molecule has 1 aliphatic carbocycles. The molecule has 4 heteroatoms. The molecule has 0 bridgehead atoms. The fourth-order valence-corrected chi connectivity index (χ4v) is 3.97. The van der Waals surface area contributed by atoms with Crippen LogP contribution >= 0.6 is 15.9 Å². The van der Waals surface area contributed by atoms with Gasteiger partial charge in [0.1, 0.15) is 12.4 Å². The summed E-state index contributed by atoms with van der Waals surface area (Å²) < 4.78 is 13.3. The number of hydrogen-bond donors (Lipinski definition) is 1. The van der Waals surface area contributed by atoms with E-state index in [1.54, 1.807) is 0 Å². The van der Waals surface area contributed by atoms with Crippen LogP contribution in [0.2, 0.25) is 0 Å². The first kappa shape index (κ1) is 15.3. The van der Waals surface area contributed by atoms with Gasteiger partial charge in [-0.25, -0.2) is 0 Å². The van der Waals surface area contributed by atoms with Crippen molar-refractivity contribution in [3.63, 3.8) is 0 Å². The van der Waals surface area contributed by atoms with Crippen LogP contribution in [0.15, 0.2) is 22.7 Å². The second kappa shape index (κ2) is 6.27. The summed E-state index contributed by atoms with van der Waals surface area (Å²) in [6, 6.07) is 5.98. The van der Waals surface area contributed by atoms with Gasteiger partial charge in [-0.05, 0) is 50.8 Å². The summed E-state index contributed by atoms with van der Waals surface area (Å²) in [6.07, 6.45) is 7.63. The van der Waals surface area contributed by atoms with Gasteiger partial charge in [0.25, 0.3) is 0 Å². The Kier molecular flexibility index (Phi) is 4.57. The maximum atomic E-state index is 6.29. The first-order valence-electron chi connectivity index (χ1n) is 7.94. The molecule has 1 spiro atoms. The summed E-state index contributed by atoms with van der Waals surface area (Å²) in [5, 5.41) is 0. The van der Waals surface area contributed by atoms with Crippen LogP contribution in [0, 0.1) is 0 Å². The van der Waals surface area contributed by atoms with Crippen molar-refractivity contribution in [1.82, 2.24) is 0 Å². The number of hydrogen-bond acceptors (Lipinski definition) is 3. The molecule has 3 nitrogen and oxygen atoms in total. The Morgan fingerprint density at radius 3 is 2.86 bits per heavy atom. The van der Waals surface area contributed by atoms with Gasteiger partial charge in [0, 0.05) is 16.1 Å². The molecule has 0 amide bonds. The molecule has 2 fully saturated rings. The molecular weight excluding hydrogens is 330 g/mol. The highest BCUT2D eigenvalue weighted by Crippen LogP contribution is 2.43. The van der Waals surface area contributed by atoms with Crippen molar-refractivity contribution >= 4 is 15.9 Å². The van der Waals surface area contributed by atoms with E-state index in [-0.39, 0.29) is 17.7 Å². The third-order valence-electron chi connectivity index (χ3n) is 4.74. The molecule has 21 heavy (non-hydrogen) atoms. The van der Waals surface area contributed by atoms with E-state index >= 15 is 0 Å². The highest BCUT2D eigenvalue weighted by atomic mass is 79.9. The smallest absolute Gasteiger partial charge is 0.124 e. The van der Waals surface area contributed by atoms with Gasteiger partial charge in [0.05, 0.1) is 11.7 Å². The Bertz CT molecular complexity index is 498. The SMILES string of the molecule is C[C@@H](N)c1cc(Br)ccc1OCC1CCC2(CCCC2)O1. The van der Waals surface area contributed by atoms with Crippen LogP contribution in [-0.2, 0) is 4.74 Å². The van der Waals surface area contributed by atoms with Crippen molar-refractivity contribution in [3.05, 3.63) is 28.2 Å². The summed E-state index contributed by atoms with van der Waals surface area (Å²) in [5.41, 5.74) is 7.25. The molecule has 1 aliphatic heterocycles. The molecular formula is C17H24BrNO2. The lowest BCUT2D eigenvalue weighted by molar-refractivity contribution is -0.0509. The molecule has 1 unspecified atom stereocenters. The van der Waals surface area contributed by atoms with Crippen LogP contribution in [-0.4, -0.2) is 18.3 Å². The average Bonchev–Trinajstić information content (AvgIpc) is 3.08. The van der Waals surface area contributed by atoms with Crippen molar-refractivity contribution in [2.24, 2.45) is 5.73 Å². The predicted octanol–water partition coefficient (Wildman–Crippen LogP) is 4.34. The first-order valence-corrected chi connectivity index (χ1v) is 8.73. The fourth-order valence-electron chi connectivity index (χ4n) is 3.59. The van der Waals surface area contributed by atoms with Gasteiger partial charge in [-0.2, -0.15) is 0 Å². The Hall–Kier alpha value is -0.580. The minimum Gasteiger partial charge on any atom is -0.491 e. The van der Waals surface area contributed by atoms with E-state index in [9.17, 15) is 0 Å². The van der Waals surface area contributed by atoms with Crippen LogP contribution in [0.1, 0.15) is 57.1 Å². The van der Waals surface area contributed by atoms with Crippen LogP contribution < -0.4 is 10.5 Å². The van der Waals surface area contributed by atoms with Crippen molar-refractivity contribution in [3.8, 4) is 5.75 Å². The number of halogens is 1. The molecule has 0 aromatic heterocycles. The summed E-state index contributed by atoms with van der Waals surface area (Å²) >= 11 is 3.49. The molecule has 1 saturated heterocycles. The highest BCUT2D eigenvalue weighted by molar-refractivity contribution is 9.10. The quantitative estimate of drug-likeness (QED) is 0.875. The lowest BCUT2D eigenvalue weighted by Crippen LogP contribution is -2.27. The topological polar surface area (TPSA) is 44.5 Å². The zero-order valence-corrected chi connectivity index (χ0v) is 14.2. The molecule has 116 valence electrons. The fraction of sp³-hybridized carbons (Fsp3) is 0.647. The van der Waals surface area contributed by atoms with E-state index in [2.05, 4.69) is 15.9 Å². The van der Waals surface area contributed by atoms with Crippen LogP contribution in [0.25, 0.3) is 0 Å². The maximum Gasteiger partial charge on any atom is 0.124 e. The number of benzene rings is 1. The average molecular weight is 354 g/mol. The third kappa shape index (κ3) is 3.43. The lowest BCUT2D eigenvalue weighted by atomic mass is 9.98. The standard InChI is InChI=1S/C17H24BrNO2/c1-12(19)15-10-13(18)4-5-16(15)20-11-14-6-9-17(21-14)7-2-3-8-17/h4-5,10,12,14H,2-3,6-9,11,19H2,1H3/t12-,14?/m1/s1. The molecule has 0 radical (unpaired) electrons. The van der Waals surface area contributed by atoms with Crippen molar-refractivity contribution in [2.75, 3.05) is 6.61 Å². The van der Waals surface area contributed by atoms with E-state index in [0.29, 0.717) is 6.61 Å². The van der Waals surface area contributed by atoms with E-state index in [1.807, 2.05) is 25.1 Å². The van der Waals surface area contributed by atoms with E-state index in [1.165, 1.54) is 32.1 Å². The first-order chi connectivity index (χ1) is 10.1. The Morgan fingerprint density at radius 1 is 1.38 bits per heavy atom.